The van der Waals surface area contributed by atoms with Crippen molar-refractivity contribution < 1.29 is 9.90 Å². The molecular formula is C16H22O2. The molecule has 0 bridgehead atoms. The molecule has 0 spiro atoms. The van der Waals surface area contributed by atoms with E-state index in [1.165, 1.54) is 25.3 Å². The average Bonchev–Trinajstić information content (AvgIpc) is 2.39. The summed E-state index contributed by atoms with van der Waals surface area (Å²) in [5, 5.41) is 9.77. The SMILES string of the molecule is CCCCCCCC(=O)C=C(O)c1ccccc1. The Labute approximate surface area is 109 Å². The summed E-state index contributed by atoms with van der Waals surface area (Å²) in [6, 6.07) is 9.15. The lowest BCUT2D eigenvalue weighted by molar-refractivity contribution is -0.114. The summed E-state index contributed by atoms with van der Waals surface area (Å²) in [4.78, 5) is 11.6. The number of unbranched alkanes of at least 4 members (excludes halogenated alkanes) is 4. The van der Waals surface area contributed by atoms with Gasteiger partial charge in [-0.05, 0) is 6.42 Å². The molecule has 0 saturated heterocycles. The Morgan fingerprint density at radius 3 is 2.44 bits per heavy atom. The Morgan fingerprint density at radius 1 is 1.11 bits per heavy atom. The molecule has 18 heavy (non-hydrogen) atoms. The van der Waals surface area contributed by atoms with Gasteiger partial charge in [0.2, 0.25) is 0 Å². The first-order valence-corrected chi connectivity index (χ1v) is 6.73. The predicted molar refractivity (Wildman–Crippen MR) is 75.4 cm³/mol. The standard InChI is InChI=1S/C16H22O2/c1-2-3-4-5-9-12-15(17)13-16(18)14-10-7-6-8-11-14/h6-8,10-11,13,18H,2-5,9,12H2,1H3. The molecule has 0 amide bonds. The number of ketones is 1. The maximum absolute atomic E-state index is 11.6. The fourth-order valence-electron chi connectivity index (χ4n) is 1.82. The third-order valence-electron chi connectivity index (χ3n) is 2.89. The van der Waals surface area contributed by atoms with Crippen molar-refractivity contribution in [1.82, 2.24) is 0 Å². The highest BCUT2D eigenvalue weighted by molar-refractivity contribution is 5.95. The molecule has 98 valence electrons. The zero-order valence-electron chi connectivity index (χ0n) is 11.1. The van der Waals surface area contributed by atoms with Gasteiger partial charge in [0.1, 0.15) is 5.76 Å². The van der Waals surface area contributed by atoms with Crippen molar-refractivity contribution in [1.29, 1.82) is 0 Å². The van der Waals surface area contributed by atoms with Crippen molar-refractivity contribution in [2.45, 2.75) is 45.4 Å². The zero-order valence-corrected chi connectivity index (χ0v) is 11.1. The van der Waals surface area contributed by atoms with Gasteiger partial charge in [-0.2, -0.15) is 0 Å². The van der Waals surface area contributed by atoms with Gasteiger partial charge in [0.05, 0.1) is 0 Å². The van der Waals surface area contributed by atoms with Gasteiger partial charge in [0, 0.05) is 18.1 Å². The molecule has 0 fully saturated rings. The molecule has 0 aromatic heterocycles. The highest BCUT2D eigenvalue weighted by Gasteiger charge is 2.02. The van der Waals surface area contributed by atoms with Gasteiger partial charge in [-0.1, -0.05) is 62.9 Å². The number of allylic oxidation sites excluding steroid dienone is 1. The normalized spacial score (nSPS) is 11.5. The largest absolute Gasteiger partial charge is 0.507 e. The van der Waals surface area contributed by atoms with Gasteiger partial charge < -0.3 is 5.11 Å². The van der Waals surface area contributed by atoms with Crippen LogP contribution in [0.25, 0.3) is 5.76 Å². The summed E-state index contributed by atoms with van der Waals surface area (Å²) in [6.45, 7) is 2.17. The summed E-state index contributed by atoms with van der Waals surface area (Å²) in [7, 11) is 0. The van der Waals surface area contributed by atoms with Crippen molar-refractivity contribution in [2.75, 3.05) is 0 Å². The van der Waals surface area contributed by atoms with Crippen LogP contribution < -0.4 is 0 Å². The van der Waals surface area contributed by atoms with E-state index in [1.807, 2.05) is 18.2 Å². The zero-order chi connectivity index (χ0) is 13.2. The van der Waals surface area contributed by atoms with E-state index in [0.717, 1.165) is 12.8 Å². The number of carbonyl (C=O) groups is 1. The topological polar surface area (TPSA) is 37.3 Å². The first-order chi connectivity index (χ1) is 8.74. The highest BCUT2D eigenvalue weighted by Crippen LogP contribution is 2.12. The Bertz CT molecular complexity index is 379. The molecule has 1 aromatic carbocycles. The van der Waals surface area contributed by atoms with E-state index in [2.05, 4.69) is 6.92 Å². The number of benzene rings is 1. The number of hydrogen-bond donors (Lipinski definition) is 1. The molecule has 1 rings (SSSR count). The minimum Gasteiger partial charge on any atom is -0.507 e. The second kappa shape index (κ2) is 8.51. The van der Waals surface area contributed by atoms with Crippen LogP contribution in [0.15, 0.2) is 36.4 Å². The van der Waals surface area contributed by atoms with Gasteiger partial charge >= 0.3 is 0 Å². The Balaban J connectivity index is 2.34. The minimum absolute atomic E-state index is 0.00727. The highest BCUT2D eigenvalue weighted by atomic mass is 16.3. The lowest BCUT2D eigenvalue weighted by Crippen LogP contribution is -1.95. The van der Waals surface area contributed by atoms with E-state index in [4.69, 9.17) is 0 Å². The first-order valence-electron chi connectivity index (χ1n) is 6.73. The van der Waals surface area contributed by atoms with Gasteiger partial charge in [-0.25, -0.2) is 0 Å². The Kier molecular flexibility index (Phi) is 6.85. The fourth-order valence-corrected chi connectivity index (χ4v) is 1.82. The van der Waals surface area contributed by atoms with Crippen LogP contribution in [-0.4, -0.2) is 10.9 Å². The molecule has 0 aliphatic rings. The van der Waals surface area contributed by atoms with Crippen LogP contribution in [0, 0.1) is 0 Å². The van der Waals surface area contributed by atoms with Gasteiger partial charge in [0.25, 0.3) is 0 Å². The fraction of sp³-hybridized carbons (Fsp3) is 0.438. The van der Waals surface area contributed by atoms with Crippen molar-refractivity contribution in [2.24, 2.45) is 0 Å². The number of aliphatic hydroxyl groups excluding tert-OH is 1. The van der Waals surface area contributed by atoms with Crippen molar-refractivity contribution in [3.8, 4) is 0 Å². The lowest BCUT2D eigenvalue weighted by Gasteiger charge is -2.00. The smallest absolute Gasteiger partial charge is 0.159 e. The summed E-state index contributed by atoms with van der Waals surface area (Å²) in [5.41, 5.74) is 0.692. The van der Waals surface area contributed by atoms with Crippen LogP contribution in [0.3, 0.4) is 0 Å². The van der Waals surface area contributed by atoms with Crippen molar-refractivity contribution in [3.63, 3.8) is 0 Å². The average molecular weight is 246 g/mol. The van der Waals surface area contributed by atoms with Gasteiger partial charge in [-0.3, -0.25) is 4.79 Å². The number of carbonyl (C=O) groups excluding carboxylic acids is 1. The predicted octanol–water partition coefficient (Wildman–Crippen LogP) is 4.52. The van der Waals surface area contributed by atoms with E-state index in [9.17, 15) is 9.90 Å². The number of hydrogen-bond acceptors (Lipinski definition) is 2. The Hall–Kier alpha value is -1.57. The molecule has 0 aliphatic heterocycles. The summed E-state index contributed by atoms with van der Waals surface area (Å²) in [6.07, 6.45) is 7.52. The quantitative estimate of drug-likeness (QED) is 0.416. The summed E-state index contributed by atoms with van der Waals surface area (Å²) >= 11 is 0. The molecule has 0 heterocycles. The van der Waals surface area contributed by atoms with E-state index in [1.54, 1.807) is 12.1 Å². The molecular weight excluding hydrogens is 224 g/mol. The Morgan fingerprint density at radius 2 is 1.78 bits per heavy atom. The summed E-state index contributed by atoms with van der Waals surface area (Å²) < 4.78 is 0. The molecule has 1 N–H and O–H groups in total. The second-order valence-electron chi connectivity index (χ2n) is 4.53. The monoisotopic (exact) mass is 246 g/mol. The molecule has 2 heteroatoms. The van der Waals surface area contributed by atoms with Crippen LogP contribution >= 0.6 is 0 Å². The molecule has 1 aromatic rings. The molecule has 0 atom stereocenters. The van der Waals surface area contributed by atoms with E-state index >= 15 is 0 Å². The lowest BCUT2D eigenvalue weighted by atomic mass is 10.1. The summed E-state index contributed by atoms with van der Waals surface area (Å²) in [5.74, 6) is 0.0713. The first kappa shape index (κ1) is 14.5. The third-order valence-corrected chi connectivity index (χ3v) is 2.89. The maximum atomic E-state index is 11.6. The number of aliphatic hydroxyl groups is 1. The molecule has 2 nitrogen and oxygen atoms in total. The van der Waals surface area contributed by atoms with Crippen molar-refractivity contribution in [3.05, 3.63) is 42.0 Å². The van der Waals surface area contributed by atoms with Crippen LogP contribution in [0.4, 0.5) is 0 Å². The van der Waals surface area contributed by atoms with Crippen LogP contribution in [-0.2, 0) is 4.79 Å². The second-order valence-corrected chi connectivity index (χ2v) is 4.53. The van der Waals surface area contributed by atoms with E-state index in [0.29, 0.717) is 12.0 Å². The minimum atomic E-state index is 0.00727. The van der Waals surface area contributed by atoms with Crippen LogP contribution in [0.5, 0.6) is 0 Å². The molecule has 0 unspecified atom stereocenters. The van der Waals surface area contributed by atoms with E-state index < -0.39 is 0 Å². The van der Waals surface area contributed by atoms with Gasteiger partial charge in [0.15, 0.2) is 5.78 Å². The maximum Gasteiger partial charge on any atom is 0.159 e. The molecule has 0 radical (unpaired) electrons. The van der Waals surface area contributed by atoms with Gasteiger partial charge in [-0.15, -0.1) is 0 Å². The number of rotatable bonds is 8. The van der Waals surface area contributed by atoms with Crippen LogP contribution in [0.1, 0.15) is 51.0 Å². The van der Waals surface area contributed by atoms with E-state index in [-0.39, 0.29) is 11.5 Å². The molecule has 0 saturated carbocycles. The molecule has 0 aliphatic carbocycles. The third kappa shape index (κ3) is 5.67. The van der Waals surface area contributed by atoms with Crippen LogP contribution in [0.2, 0.25) is 0 Å². The van der Waals surface area contributed by atoms with Crippen molar-refractivity contribution >= 4 is 11.5 Å².